The van der Waals surface area contributed by atoms with Gasteiger partial charge >= 0.3 is 0 Å². The van der Waals surface area contributed by atoms with Crippen LogP contribution in [0.2, 0.25) is 0 Å². The number of rotatable bonds is 0. The van der Waals surface area contributed by atoms with Gasteiger partial charge in [-0.1, -0.05) is 13.8 Å². The van der Waals surface area contributed by atoms with Crippen LogP contribution in [0, 0.1) is 19.7 Å². The SMILES string of the molecule is CC.Cc1ncc2c(c(C)nn2C)c1F. The van der Waals surface area contributed by atoms with Crippen molar-refractivity contribution in [2.45, 2.75) is 27.7 Å². The van der Waals surface area contributed by atoms with Gasteiger partial charge in [-0.25, -0.2) is 4.39 Å². The van der Waals surface area contributed by atoms with E-state index in [0.717, 1.165) is 5.52 Å². The van der Waals surface area contributed by atoms with E-state index < -0.39 is 0 Å². The number of aromatic nitrogens is 3. The van der Waals surface area contributed by atoms with Gasteiger partial charge in [-0.15, -0.1) is 0 Å². The maximum absolute atomic E-state index is 13.6. The predicted molar refractivity (Wildman–Crippen MR) is 59.3 cm³/mol. The summed E-state index contributed by atoms with van der Waals surface area (Å²) in [7, 11) is 1.78. The monoisotopic (exact) mass is 209 g/mol. The minimum atomic E-state index is -0.261. The summed E-state index contributed by atoms with van der Waals surface area (Å²) in [5.74, 6) is -0.261. The van der Waals surface area contributed by atoms with E-state index in [2.05, 4.69) is 10.1 Å². The second-order valence-electron chi connectivity index (χ2n) is 3.13. The van der Waals surface area contributed by atoms with Crippen LogP contribution in [-0.2, 0) is 7.05 Å². The average Bonchev–Trinajstić information content (AvgIpc) is 2.51. The summed E-state index contributed by atoms with van der Waals surface area (Å²) in [5, 5.41) is 4.71. The van der Waals surface area contributed by atoms with Gasteiger partial charge in [0.25, 0.3) is 0 Å². The van der Waals surface area contributed by atoms with Crippen LogP contribution < -0.4 is 0 Å². The van der Waals surface area contributed by atoms with Crippen molar-refractivity contribution >= 4 is 10.9 Å². The second-order valence-corrected chi connectivity index (χ2v) is 3.13. The number of pyridine rings is 1. The van der Waals surface area contributed by atoms with E-state index in [1.807, 2.05) is 13.8 Å². The maximum atomic E-state index is 13.6. The number of aryl methyl sites for hydroxylation is 3. The van der Waals surface area contributed by atoms with Crippen molar-refractivity contribution in [1.82, 2.24) is 14.8 Å². The van der Waals surface area contributed by atoms with Crippen LogP contribution >= 0.6 is 0 Å². The lowest BCUT2D eigenvalue weighted by Gasteiger charge is -1.97. The van der Waals surface area contributed by atoms with Gasteiger partial charge in [-0.2, -0.15) is 5.10 Å². The number of nitrogens with zero attached hydrogens (tertiary/aromatic N) is 3. The molecule has 0 amide bonds. The molecule has 0 saturated heterocycles. The average molecular weight is 209 g/mol. The van der Waals surface area contributed by atoms with Gasteiger partial charge in [0.2, 0.25) is 0 Å². The topological polar surface area (TPSA) is 30.7 Å². The lowest BCUT2D eigenvalue weighted by molar-refractivity contribution is 0.622. The molecule has 0 fully saturated rings. The fourth-order valence-corrected chi connectivity index (χ4v) is 1.49. The molecule has 15 heavy (non-hydrogen) atoms. The van der Waals surface area contributed by atoms with E-state index in [1.54, 1.807) is 31.8 Å². The molecule has 0 aliphatic carbocycles. The molecule has 3 nitrogen and oxygen atoms in total. The third-order valence-corrected chi connectivity index (χ3v) is 2.18. The Kier molecular flexibility index (Phi) is 3.39. The van der Waals surface area contributed by atoms with Gasteiger partial charge in [0.05, 0.1) is 28.5 Å². The molecule has 0 atom stereocenters. The molecule has 0 aliphatic heterocycles. The van der Waals surface area contributed by atoms with E-state index >= 15 is 0 Å². The zero-order valence-corrected chi connectivity index (χ0v) is 9.80. The summed E-state index contributed by atoms with van der Waals surface area (Å²) in [6.45, 7) is 7.45. The predicted octanol–water partition coefficient (Wildman–Crippen LogP) is 2.75. The van der Waals surface area contributed by atoms with E-state index in [-0.39, 0.29) is 5.82 Å². The summed E-state index contributed by atoms with van der Waals surface area (Å²) >= 11 is 0. The molecule has 0 radical (unpaired) electrons. The van der Waals surface area contributed by atoms with Crippen LogP contribution in [0.4, 0.5) is 4.39 Å². The Morgan fingerprint density at radius 1 is 1.20 bits per heavy atom. The number of halogens is 1. The fourth-order valence-electron chi connectivity index (χ4n) is 1.49. The van der Waals surface area contributed by atoms with Crippen molar-refractivity contribution in [3.05, 3.63) is 23.4 Å². The third kappa shape index (κ3) is 1.84. The summed E-state index contributed by atoms with van der Waals surface area (Å²) < 4.78 is 15.2. The molecule has 4 heteroatoms. The van der Waals surface area contributed by atoms with Crippen LogP contribution in [0.15, 0.2) is 6.20 Å². The molecule has 2 heterocycles. The Morgan fingerprint density at radius 2 is 1.80 bits per heavy atom. The molecule has 2 aromatic heterocycles. The zero-order chi connectivity index (χ0) is 11.6. The molecular weight excluding hydrogens is 193 g/mol. The second kappa shape index (κ2) is 4.38. The van der Waals surface area contributed by atoms with Gasteiger partial charge in [-0.05, 0) is 13.8 Å². The number of hydrogen-bond donors (Lipinski definition) is 0. The van der Waals surface area contributed by atoms with Crippen molar-refractivity contribution in [2.24, 2.45) is 7.05 Å². The number of hydrogen-bond acceptors (Lipinski definition) is 2. The first kappa shape index (κ1) is 11.6. The van der Waals surface area contributed by atoms with Gasteiger partial charge < -0.3 is 0 Å². The lowest BCUT2D eigenvalue weighted by atomic mass is 10.2. The molecule has 0 unspecified atom stereocenters. The highest BCUT2D eigenvalue weighted by molar-refractivity contribution is 5.82. The standard InChI is InChI=1S/C9H10FN3.C2H6/c1-5-8-7(13(3)12-5)4-11-6(2)9(8)10;1-2/h4H,1-3H3;1-2H3. The molecule has 82 valence electrons. The molecule has 0 N–H and O–H groups in total. The lowest BCUT2D eigenvalue weighted by Crippen LogP contribution is -1.92. The summed E-state index contributed by atoms with van der Waals surface area (Å²) in [4.78, 5) is 3.95. The largest absolute Gasteiger partial charge is 0.266 e. The van der Waals surface area contributed by atoms with Crippen molar-refractivity contribution in [3.63, 3.8) is 0 Å². The Morgan fingerprint density at radius 3 is 2.40 bits per heavy atom. The first-order valence-corrected chi connectivity index (χ1v) is 5.05. The molecule has 0 aromatic carbocycles. The van der Waals surface area contributed by atoms with E-state index in [0.29, 0.717) is 16.8 Å². The van der Waals surface area contributed by atoms with Gasteiger partial charge in [0.1, 0.15) is 0 Å². The zero-order valence-electron chi connectivity index (χ0n) is 9.80. The third-order valence-electron chi connectivity index (χ3n) is 2.18. The summed E-state index contributed by atoms with van der Waals surface area (Å²) in [5.41, 5.74) is 1.87. The molecule has 2 rings (SSSR count). The van der Waals surface area contributed by atoms with E-state index in [9.17, 15) is 4.39 Å². The van der Waals surface area contributed by atoms with Crippen molar-refractivity contribution in [3.8, 4) is 0 Å². The summed E-state index contributed by atoms with van der Waals surface area (Å²) in [6.07, 6.45) is 1.65. The van der Waals surface area contributed by atoms with E-state index in [4.69, 9.17) is 0 Å². The Balaban J connectivity index is 0.000000531. The van der Waals surface area contributed by atoms with Crippen LogP contribution in [0.1, 0.15) is 25.2 Å². The molecule has 2 aromatic rings. The maximum Gasteiger partial charge on any atom is 0.155 e. The smallest absolute Gasteiger partial charge is 0.155 e. The molecule has 0 spiro atoms. The van der Waals surface area contributed by atoms with Crippen molar-refractivity contribution in [2.75, 3.05) is 0 Å². The highest BCUT2D eigenvalue weighted by atomic mass is 19.1. The van der Waals surface area contributed by atoms with Crippen molar-refractivity contribution < 1.29 is 4.39 Å². The molecule has 0 bridgehead atoms. The Labute approximate surface area is 88.9 Å². The van der Waals surface area contributed by atoms with Crippen LogP contribution in [0.5, 0.6) is 0 Å². The van der Waals surface area contributed by atoms with Crippen molar-refractivity contribution in [1.29, 1.82) is 0 Å². The van der Waals surface area contributed by atoms with Crippen LogP contribution in [0.25, 0.3) is 10.9 Å². The quantitative estimate of drug-likeness (QED) is 0.668. The van der Waals surface area contributed by atoms with Gasteiger partial charge in [0.15, 0.2) is 5.82 Å². The van der Waals surface area contributed by atoms with E-state index in [1.165, 1.54) is 0 Å². The Bertz CT molecular complexity index is 474. The fraction of sp³-hybridized carbons (Fsp3) is 0.455. The normalized spacial score (nSPS) is 10.0. The van der Waals surface area contributed by atoms with Gasteiger partial charge in [0, 0.05) is 7.05 Å². The van der Waals surface area contributed by atoms with Gasteiger partial charge in [-0.3, -0.25) is 9.67 Å². The molecular formula is C11H16FN3. The highest BCUT2D eigenvalue weighted by Gasteiger charge is 2.12. The first-order valence-electron chi connectivity index (χ1n) is 5.05. The minimum absolute atomic E-state index is 0.261. The highest BCUT2D eigenvalue weighted by Crippen LogP contribution is 2.21. The summed E-state index contributed by atoms with van der Waals surface area (Å²) in [6, 6.07) is 0. The molecule has 0 aliphatic rings. The molecule has 0 saturated carbocycles. The Hall–Kier alpha value is -1.45. The van der Waals surface area contributed by atoms with Crippen LogP contribution in [0.3, 0.4) is 0 Å². The minimum Gasteiger partial charge on any atom is -0.266 e. The van der Waals surface area contributed by atoms with Crippen LogP contribution in [-0.4, -0.2) is 14.8 Å². The first-order chi connectivity index (χ1) is 7.11. The number of fused-ring (bicyclic) bond motifs is 1.